The quantitative estimate of drug-likeness (QED) is 0.502. The van der Waals surface area contributed by atoms with E-state index in [9.17, 15) is 19.8 Å². The summed E-state index contributed by atoms with van der Waals surface area (Å²) in [6, 6.07) is 22.2. The van der Waals surface area contributed by atoms with Gasteiger partial charge in [0.25, 0.3) is 5.91 Å². The zero-order valence-electron chi connectivity index (χ0n) is 16.5. The molecule has 2 amide bonds. The van der Waals surface area contributed by atoms with Crippen molar-refractivity contribution >= 4 is 17.5 Å². The van der Waals surface area contributed by atoms with E-state index in [1.54, 1.807) is 11.1 Å². The number of rotatable bonds is 4. The van der Waals surface area contributed by atoms with Gasteiger partial charge >= 0.3 is 0 Å². The van der Waals surface area contributed by atoms with Gasteiger partial charge in [-0.05, 0) is 35.4 Å². The van der Waals surface area contributed by atoms with Crippen molar-refractivity contribution < 1.29 is 24.6 Å². The lowest BCUT2D eigenvalue weighted by Gasteiger charge is -2.28. The molecule has 156 valence electrons. The molecule has 0 spiro atoms. The van der Waals surface area contributed by atoms with Gasteiger partial charge in [0.1, 0.15) is 5.92 Å². The van der Waals surface area contributed by atoms with Crippen LogP contribution in [0.2, 0.25) is 0 Å². The largest absolute Gasteiger partial charge is 0.504 e. The minimum Gasteiger partial charge on any atom is -0.504 e. The Bertz CT molecular complexity index is 1140. The SMILES string of the molecule is O=C1[C@H]2[C@@H](ON(c3ccccc3)[C@H]2c2ccc(O)c(O)c2)C(=O)N1Cc1ccccc1. The molecule has 7 nitrogen and oxygen atoms in total. The van der Waals surface area contributed by atoms with Gasteiger partial charge in [-0.2, -0.15) is 0 Å². The number of aromatic hydroxyl groups is 2. The lowest BCUT2D eigenvalue weighted by atomic mass is 9.90. The third-order valence-electron chi connectivity index (χ3n) is 5.74. The van der Waals surface area contributed by atoms with Crippen LogP contribution in [0, 0.1) is 5.92 Å². The van der Waals surface area contributed by atoms with E-state index < -0.39 is 18.1 Å². The van der Waals surface area contributed by atoms with Gasteiger partial charge in [0.2, 0.25) is 5.91 Å². The van der Waals surface area contributed by atoms with Crippen LogP contribution < -0.4 is 5.06 Å². The number of para-hydroxylation sites is 1. The van der Waals surface area contributed by atoms with E-state index in [1.807, 2.05) is 60.7 Å². The molecule has 2 aliphatic rings. The predicted molar refractivity (Wildman–Crippen MR) is 112 cm³/mol. The van der Waals surface area contributed by atoms with Crippen molar-refractivity contribution in [2.45, 2.75) is 18.7 Å². The second-order valence-electron chi connectivity index (χ2n) is 7.65. The molecule has 31 heavy (non-hydrogen) atoms. The predicted octanol–water partition coefficient (Wildman–Crippen LogP) is 3.14. The Morgan fingerprint density at radius 2 is 1.48 bits per heavy atom. The van der Waals surface area contributed by atoms with E-state index in [0.29, 0.717) is 11.3 Å². The molecule has 0 bridgehead atoms. The van der Waals surface area contributed by atoms with Gasteiger partial charge in [-0.1, -0.05) is 54.6 Å². The van der Waals surface area contributed by atoms with Crippen molar-refractivity contribution in [1.82, 2.24) is 4.90 Å². The van der Waals surface area contributed by atoms with Gasteiger partial charge in [0.05, 0.1) is 18.3 Å². The molecular formula is C24H20N2O5. The highest BCUT2D eigenvalue weighted by atomic mass is 16.7. The van der Waals surface area contributed by atoms with Crippen LogP contribution in [-0.4, -0.2) is 33.0 Å². The van der Waals surface area contributed by atoms with Gasteiger partial charge in [0.15, 0.2) is 17.6 Å². The van der Waals surface area contributed by atoms with Crippen molar-refractivity contribution in [3.63, 3.8) is 0 Å². The van der Waals surface area contributed by atoms with Gasteiger partial charge in [-0.15, -0.1) is 0 Å². The second-order valence-corrected chi connectivity index (χ2v) is 7.65. The number of hydrogen-bond donors (Lipinski definition) is 2. The third kappa shape index (κ3) is 3.19. The summed E-state index contributed by atoms with van der Waals surface area (Å²) in [5.74, 6) is -2.04. The van der Waals surface area contributed by atoms with Crippen LogP contribution in [0.1, 0.15) is 17.2 Å². The highest BCUT2D eigenvalue weighted by molar-refractivity contribution is 6.07. The maximum Gasteiger partial charge on any atom is 0.262 e. The molecule has 2 saturated heterocycles. The van der Waals surface area contributed by atoms with Gasteiger partial charge in [0, 0.05) is 0 Å². The number of hydrogen-bond acceptors (Lipinski definition) is 6. The van der Waals surface area contributed by atoms with Crippen LogP contribution in [0.3, 0.4) is 0 Å². The second kappa shape index (κ2) is 7.45. The number of phenolic OH excluding ortho intramolecular Hbond substituents is 2. The first-order valence-corrected chi connectivity index (χ1v) is 9.96. The smallest absolute Gasteiger partial charge is 0.262 e. The number of hydroxylamine groups is 1. The lowest BCUT2D eigenvalue weighted by molar-refractivity contribution is -0.143. The first-order chi connectivity index (χ1) is 15.0. The molecule has 0 aromatic heterocycles. The standard InChI is InChI=1S/C24H20N2O5/c27-18-12-11-16(13-19(18)28)21-20-22(31-26(21)17-9-5-2-6-10-17)24(30)25(23(20)29)14-15-7-3-1-4-8-15/h1-13,20-22,27-28H,14H2/t20-,21+,22-/m1/s1. The Labute approximate surface area is 178 Å². The summed E-state index contributed by atoms with van der Waals surface area (Å²) in [7, 11) is 0. The van der Waals surface area contributed by atoms with E-state index in [1.165, 1.54) is 17.0 Å². The number of fused-ring (bicyclic) bond motifs is 1. The van der Waals surface area contributed by atoms with Crippen LogP contribution in [0.15, 0.2) is 78.9 Å². The van der Waals surface area contributed by atoms with Crippen LogP contribution >= 0.6 is 0 Å². The molecule has 0 unspecified atom stereocenters. The number of carbonyl (C=O) groups is 2. The third-order valence-corrected chi connectivity index (χ3v) is 5.74. The number of carbonyl (C=O) groups excluding carboxylic acids is 2. The molecule has 3 aromatic carbocycles. The molecule has 2 fully saturated rings. The van der Waals surface area contributed by atoms with Crippen molar-refractivity contribution in [2.75, 3.05) is 5.06 Å². The highest BCUT2D eigenvalue weighted by Crippen LogP contribution is 2.47. The summed E-state index contributed by atoms with van der Waals surface area (Å²) in [5.41, 5.74) is 2.10. The molecule has 0 saturated carbocycles. The van der Waals surface area contributed by atoms with E-state index in [2.05, 4.69) is 0 Å². The number of imide groups is 1. The Morgan fingerprint density at radius 1 is 0.806 bits per heavy atom. The molecule has 7 heteroatoms. The number of phenols is 2. The van der Waals surface area contributed by atoms with Gasteiger partial charge in [-0.25, -0.2) is 5.06 Å². The Morgan fingerprint density at radius 3 is 2.16 bits per heavy atom. The normalized spacial score (nSPS) is 22.8. The van der Waals surface area contributed by atoms with Crippen LogP contribution in [-0.2, 0) is 21.0 Å². The highest BCUT2D eigenvalue weighted by Gasteiger charge is 2.59. The van der Waals surface area contributed by atoms with E-state index >= 15 is 0 Å². The maximum atomic E-state index is 13.4. The fourth-order valence-electron chi connectivity index (χ4n) is 4.26. The van der Waals surface area contributed by atoms with E-state index in [-0.39, 0.29) is 29.9 Å². The number of amides is 2. The Balaban J connectivity index is 1.54. The van der Waals surface area contributed by atoms with E-state index in [4.69, 9.17) is 4.84 Å². The average molecular weight is 416 g/mol. The molecule has 2 N–H and O–H groups in total. The molecule has 3 atom stereocenters. The first kappa shape index (κ1) is 19.1. The molecule has 3 aromatic rings. The van der Waals surface area contributed by atoms with Crippen molar-refractivity contribution in [2.24, 2.45) is 5.92 Å². The topological polar surface area (TPSA) is 90.3 Å². The van der Waals surface area contributed by atoms with Gasteiger partial charge < -0.3 is 10.2 Å². The summed E-state index contributed by atoms with van der Waals surface area (Å²) in [6.45, 7) is 0.174. The van der Waals surface area contributed by atoms with Crippen LogP contribution in [0.4, 0.5) is 5.69 Å². The Hall–Kier alpha value is -3.84. The average Bonchev–Trinajstić information content (AvgIpc) is 3.29. The molecule has 0 radical (unpaired) electrons. The summed E-state index contributed by atoms with van der Waals surface area (Å²) < 4.78 is 0. The lowest BCUT2D eigenvalue weighted by Crippen LogP contribution is -2.36. The zero-order valence-corrected chi connectivity index (χ0v) is 16.5. The molecule has 0 aliphatic carbocycles. The minimum atomic E-state index is -0.961. The van der Waals surface area contributed by atoms with Crippen LogP contribution in [0.5, 0.6) is 11.5 Å². The monoisotopic (exact) mass is 416 g/mol. The number of likely N-dealkylation sites (tertiary alicyclic amines) is 1. The summed E-state index contributed by atoms with van der Waals surface area (Å²) in [4.78, 5) is 33.8. The van der Waals surface area contributed by atoms with Crippen LogP contribution in [0.25, 0.3) is 0 Å². The maximum absolute atomic E-state index is 13.4. The van der Waals surface area contributed by atoms with E-state index in [0.717, 1.165) is 5.56 Å². The molecule has 2 aliphatic heterocycles. The molecule has 2 heterocycles. The van der Waals surface area contributed by atoms with Crippen molar-refractivity contribution in [3.05, 3.63) is 90.0 Å². The molecular weight excluding hydrogens is 396 g/mol. The van der Waals surface area contributed by atoms with Crippen molar-refractivity contribution in [1.29, 1.82) is 0 Å². The first-order valence-electron chi connectivity index (χ1n) is 9.96. The summed E-state index contributed by atoms with van der Waals surface area (Å²) >= 11 is 0. The molecule has 5 rings (SSSR count). The zero-order chi connectivity index (χ0) is 21.5. The number of benzene rings is 3. The minimum absolute atomic E-state index is 0.174. The Kier molecular flexibility index (Phi) is 4.60. The number of nitrogens with zero attached hydrogens (tertiary/aromatic N) is 2. The summed E-state index contributed by atoms with van der Waals surface area (Å²) in [6.07, 6.45) is -0.961. The fraction of sp³-hybridized carbons (Fsp3) is 0.167. The number of anilines is 1. The van der Waals surface area contributed by atoms with Gasteiger partial charge in [-0.3, -0.25) is 19.3 Å². The fourth-order valence-corrected chi connectivity index (χ4v) is 4.26. The summed E-state index contributed by atoms with van der Waals surface area (Å²) in [5, 5.41) is 21.3. The van der Waals surface area contributed by atoms with Crippen molar-refractivity contribution in [3.8, 4) is 11.5 Å².